The Morgan fingerprint density at radius 1 is 1.47 bits per heavy atom. The molecule has 1 aromatic carbocycles. The van der Waals surface area contributed by atoms with E-state index in [-0.39, 0.29) is 5.82 Å². The second kappa shape index (κ2) is 4.71. The lowest BCUT2D eigenvalue weighted by Gasteiger charge is -2.05. The second-order valence-corrected chi connectivity index (χ2v) is 4.81. The molecule has 2 aromatic rings. The zero-order chi connectivity index (χ0) is 12.4. The molecule has 1 heterocycles. The molecule has 0 aliphatic heterocycles. The number of hydrogen-bond donors (Lipinski definition) is 1. The molecule has 3 nitrogen and oxygen atoms in total. The van der Waals surface area contributed by atoms with E-state index in [0.717, 1.165) is 10.6 Å². The molecule has 0 saturated carbocycles. The molecule has 2 rings (SSSR count). The highest BCUT2D eigenvalue weighted by molar-refractivity contribution is 7.15. The van der Waals surface area contributed by atoms with Gasteiger partial charge in [0.2, 0.25) is 0 Å². The van der Waals surface area contributed by atoms with E-state index in [1.807, 2.05) is 6.92 Å². The van der Waals surface area contributed by atoms with E-state index in [0.29, 0.717) is 22.9 Å². The van der Waals surface area contributed by atoms with Crippen LogP contribution in [0, 0.1) is 12.7 Å². The Bertz CT molecular complexity index is 539. The summed E-state index contributed by atoms with van der Waals surface area (Å²) < 4.78 is 18.7. The molecular formula is C12H13FN2OS. The molecule has 17 heavy (non-hydrogen) atoms. The summed E-state index contributed by atoms with van der Waals surface area (Å²) in [5.74, 6) is 0.411. The maximum Gasteiger partial charge on any atom is 0.180 e. The molecule has 90 valence electrons. The van der Waals surface area contributed by atoms with Crippen molar-refractivity contribution in [1.29, 1.82) is 0 Å². The lowest BCUT2D eigenvalue weighted by atomic mass is 10.1. The van der Waals surface area contributed by atoms with Gasteiger partial charge in [-0.1, -0.05) is 0 Å². The Morgan fingerprint density at radius 2 is 2.24 bits per heavy atom. The predicted octanol–water partition coefficient (Wildman–Crippen LogP) is 2.77. The maximum absolute atomic E-state index is 13.6. The monoisotopic (exact) mass is 252 g/mol. The standard InChI is InChI=1S/C12H13FN2OS/c1-7-11(17-12(14)15-7)6-8-5-9(16-2)3-4-10(8)13/h3-5H,6H2,1-2H3,(H2,14,15). The van der Waals surface area contributed by atoms with Crippen LogP contribution in [0.25, 0.3) is 0 Å². The number of anilines is 1. The highest BCUT2D eigenvalue weighted by Gasteiger charge is 2.10. The van der Waals surface area contributed by atoms with Crippen LogP contribution in [0.2, 0.25) is 0 Å². The number of rotatable bonds is 3. The molecule has 2 N–H and O–H groups in total. The van der Waals surface area contributed by atoms with Gasteiger partial charge in [0, 0.05) is 11.3 Å². The van der Waals surface area contributed by atoms with Crippen molar-refractivity contribution in [3.05, 3.63) is 40.2 Å². The van der Waals surface area contributed by atoms with E-state index in [2.05, 4.69) is 4.98 Å². The average molecular weight is 252 g/mol. The first-order valence-electron chi connectivity index (χ1n) is 5.14. The number of nitrogens with two attached hydrogens (primary N) is 1. The van der Waals surface area contributed by atoms with Crippen LogP contribution in [-0.2, 0) is 6.42 Å². The van der Waals surface area contributed by atoms with Crippen LogP contribution in [0.5, 0.6) is 5.75 Å². The number of nitrogens with zero attached hydrogens (tertiary/aromatic N) is 1. The van der Waals surface area contributed by atoms with Gasteiger partial charge in [-0.3, -0.25) is 0 Å². The molecule has 0 atom stereocenters. The molecule has 0 unspecified atom stereocenters. The van der Waals surface area contributed by atoms with E-state index >= 15 is 0 Å². The van der Waals surface area contributed by atoms with Crippen molar-refractivity contribution in [3.8, 4) is 5.75 Å². The summed E-state index contributed by atoms with van der Waals surface area (Å²) in [6.07, 6.45) is 0.490. The largest absolute Gasteiger partial charge is 0.497 e. The smallest absolute Gasteiger partial charge is 0.180 e. The number of aromatic nitrogens is 1. The van der Waals surface area contributed by atoms with E-state index < -0.39 is 0 Å². The summed E-state index contributed by atoms with van der Waals surface area (Å²) in [5, 5.41) is 0.515. The van der Waals surface area contributed by atoms with E-state index in [1.54, 1.807) is 19.2 Å². The van der Waals surface area contributed by atoms with Gasteiger partial charge >= 0.3 is 0 Å². The van der Waals surface area contributed by atoms with Crippen molar-refractivity contribution >= 4 is 16.5 Å². The minimum absolute atomic E-state index is 0.239. The van der Waals surface area contributed by atoms with Gasteiger partial charge in [-0.25, -0.2) is 9.37 Å². The third-order valence-corrected chi connectivity index (χ3v) is 3.50. The van der Waals surface area contributed by atoms with E-state index in [1.165, 1.54) is 17.4 Å². The fraction of sp³-hybridized carbons (Fsp3) is 0.250. The summed E-state index contributed by atoms with van der Waals surface area (Å²) in [6, 6.07) is 4.71. The van der Waals surface area contributed by atoms with E-state index in [4.69, 9.17) is 10.5 Å². The minimum atomic E-state index is -0.239. The Hall–Kier alpha value is -1.62. The topological polar surface area (TPSA) is 48.1 Å². The van der Waals surface area contributed by atoms with Gasteiger partial charge in [-0.2, -0.15) is 0 Å². The fourth-order valence-electron chi connectivity index (χ4n) is 1.60. The molecule has 0 radical (unpaired) electrons. The first kappa shape index (κ1) is 11.9. The molecule has 0 amide bonds. The zero-order valence-corrected chi connectivity index (χ0v) is 10.5. The molecule has 0 aliphatic carbocycles. The Labute approximate surface area is 103 Å². The minimum Gasteiger partial charge on any atom is -0.497 e. The molecule has 0 bridgehead atoms. The van der Waals surface area contributed by atoms with Gasteiger partial charge in [0.1, 0.15) is 11.6 Å². The molecule has 0 aliphatic rings. The first-order chi connectivity index (χ1) is 8.10. The number of halogens is 1. The number of thiazole rings is 1. The third kappa shape index (κ3) is 2.55. The van der Waals surface area contributed by atoms with Crippen molar-refractivity contribution in [3.63, 3.8) is 0 Å². The van der Waals surface area contributed by atoms with Crippen molar-refractivity contribution in [2.24, 2.45) is 0 Å². The molecule has 0 fully saturated rings. The van der Waals surface area contributed by atoms with Gasteiger partial charge < -0.3 is 10.5 Å². The number of benzene rings is 1. The molecule has 0 spiro atoms. The van der Waals surface area contributed by atoms with Gasteiger partial charge in [-0.05, 0) is 30.7 Å². The average Bonchev–Trinajstić information content (AvgIpc) is 2.60. The molecule has 1 aromatic heterocycles. The number of aryl methyl sites for hydroxylation is 1. The van der Waals surface area contributed by atoms with Crippen LogP contribution in [0.4, 0.5) is 9.52 Å². The zero-order valence-electron chi connectivity index (χ0n) is 9.66. The highest BCUT2D eigenvalue weighted by atomic mass is 32.1. The number of ether oxygens (including phenoxy) is 1. The SMILES string of the molecule is COc1ccc(F)c(Cc2sc(N)nc2C)c1. The van der Waals surface area contributed by atoms with Crippen molar-refractivity contribution < 1.29 is 9.13 Å². The van der Waals surface area contributed by atoms with Crippen LogP contribution in [0.3, 0.4) is 0 Å². The van der Waals surface area contributed by atoms with Crippen LogP contribution in [0.15, 0.2) is 18.2 Å². The third-order valence-electron chi connectivity index (χ3n) is 2.51. The first-order valence-corrected chi connectivity index (χ1v) is 5.96. The van der Waals surface area contributed by atoms with Gasteiger partial charge in [0.05, 0.1) is 12.8 Å². The van der Waals surface area contributed by atoms with E-state index in [9.17, 15) is 4.39 Å². The number of hydrogen-bond acceptors (Lipinski definition) is 4. The maximum atomic E-state index is 13.6. The van der Waals surface area contributed by atoms with Crippen LogP contribution in [0.1, 0.15) is 16.1 Å². The summed E-state index contributed by atoms with van der Waals surface area (Å²) in [4.78, 5) is 5.10. The Morgan fingerprint density at radius 3 is 2.82 bits per heavy atom. The number of methoxy groups -OCH3 is 1. The summed E-state index contributed by atoms with van der Waals surface area (Å²) in [7, 11) is 1.56. The summed E-state index contributed by atoms with van der Waals surface area (Å²) in [6.45, 7) is 1.88. The summed E-state index contributed by atoms with van der Waals surface area (Å²) >= 11 is 1.39. The van der Waals surface area contributed by atoms with Gasteiger partial charge in [0.15, 0.2) is 5.13 Å². The lowest BCUT2D eigenvalue weighted by molar-refractivity contribution is 0.413. The van der Waals surface area contributed by atoms with Crippen molar-refractivity contribution in [2.75, 3.05) is 12.8 Å². The highest BCUT2D eigenvalue weighted by Crippen LogP contribution is 2.25. The Balaban J connectivity index is 2.32. The second-order valence-electron chi connectivity index (χ2n) is 3.69. The van der Waals surface area contributed by atoms with Crippen molar-refractivity contribution in [2.45, 2.75) is 13.3 Å². The lowest BCUT2D eigenvalue weighted by Crippen LogP contribution is -1.94. The Kier molecular flexibility index (Phi) is 3.28. The van der Waals surface area contributed by atoms with Crippen LogP contribution >= 0.6 is 11.3 Å². The number of nitrogen functional groups attached to an aromatic ring is 1. The fourth-order valence-corrected chi connectivity index (χ4v) is 2.46. The molecule has 0 saturated heterocycles. The quantitative estimate of drug-likeness (QED) is 0.913. The normalized spacial score (nSPS) is 10.5. The van der Waals surface area contributed by atoms with Gasteiger partial charge in [0.25, 0.3) is 0 Å². The predicted molar refractivity (Wildman–Crippen MR) is 67.0 cm³/mol. The van der Waals surface area contributed by atoms with Gasteiger partial charge in [-0.15, -0.1) is 11.3 Å². The van der Waals surface area contributed by atoms with Crippen LogP contribution < -0.4 is 10.5 Å². The molecule has 5 heteroatoms. The van der Waals surface area contributed by atoms with Crippen LogP contribution in [-0.4, -0.2) is 12.1 Å². The van der Waals surface area contributed by atoms with Crippen molar-refractivity contribution in [1.82, 2.24) is 4.98 Å². The summed E-state index contributed by atoms with van der Waals surface area (Å²) in [5.41, 5.74) is 7.07. The molecular weight excluding hydrogens is 239 g/mol.